The van der Waals surface area contributed by atoms with E-state index in [1.807, 2.05) is 0 Å². The molecule has 0 radical (unpaired) electrons. The van der Waals surface area contributed by atoms with Crippen LogP contribution in [0.5, 0.6) is 0 Å². The first-order valence-corrected chi connectivity index (χ1v) is 6.69. The summed E-state index contributed by atoms with van der Waals surface area (Å²) in [6, 6.07) is 3.34. The van der Waals surface area contributed by atoms with Gasteiger partial charge in [0.15, 0.2) is 0 Å². The molecule has 0 saturated heterocycles. The zero-order valence-electron chi connectivity index (χ0n) is 9.94. The molecule has 0 fully saturated rings. The number of carboxylic acid groups (broad SMARTS) is 1. The van der Waals surface area contributed by atoms with Crippen molar-refractivity contribution in [1.29, 1.82) is 0 Å². The molecular formula is C12H11Br2NO4. The van der Waals surface area contributed by atoms with Gasteiger partial charge >= 0.3 is 11.9 Å². The van der Waals surface area contributed by atoms with Gasteiger partial charge in [-0.2, -0.15) is 0 Å². The zero-order valence-corrected chi connectivity index (χ0v) is 13.1. The number of aliphatic carboxylic acids is 1. The highest BCUT2D eigenvalue weighted by molar-refractivity contribution is 9.11. The number of nitrogens with two attached hydrogens (primary N) is 1. The number of carboxylic acids is 1. The third-order valence-electron chi connectivity index (χ3n) is 2.23. The zero-order chi connectivity index (χ0) is 14.6. The van der Waals surface area contributed by atoms with E-state index in [0.717, 1.165) is 0 Å². The predicted molar refractivity (Wildman–Crippen MR) is 78.5 cm³/mol. The van der Waals surface area contributed by atoms with E-state index >= 15 is 0 Å². The van der Waals surface area contributed by atoms with Crippen LogP contribution in [0.15, 0.2) is 26.7 Å². The maximum Gasteiger partial charge on any atom is 0.334 e. The number of nitrogen functional groups attached to an aromatic ring is 1. The number of hydrogen-bond donors (Lipinski definition) is 2. The van der Waals surface area contributed by atoms with Crippen LogP contribution in [0, 0.1) is 0 Å². The van der Waals surface area contributed by atoms with Gasteiger partial charge in [0.05, 0.1) is 13.5 Å². The molecule has 0 saturated carbocycles. The first-order valence-electron chi connectivity index (χ1n) is 5.10. The van der Waals surface area contributed by atoms with Crippen molar-refractivity contribution in [2.75, 3.05) is 12.8 Å². The molecular weight excluding hydrogens is 382 g/mol. The molecule has 5 nitrogen and oxygen atoms in total. The van der Waals surface area contributed by atoms with Crippen LogP contribution in [0.3, 0.4) is 0 Å². The average Bonchev–Trinajstić information content (AvgIpc) is 2.33. The lowest BCUT2D eigenvalue weighted by Crippen LogP contribution is -2.09. The molecule has 0 aliphatic carbocycles. The highest BCUT2D eigenvalue weighted by Crippen LogP contribution is 2.29. The van der Waals surface area contributed by atoms with E-state index in [9.17, 15) is 9.59 Å². The van der Waals surface area contributed by atoms with Crippen LogP contribution in [0.2, 0.25) is 0 Å². The third kappa shape index (κ3) is 4.36. The van der Waals surface area contributed by atoms with Crippen molar-refractivity contribution in [2.45, 2.75) is 6.42 Å². The number of rotatable bonds is 4. The van der Waals surface area contributed by atoms with Crippen LogP contribution in [0.25, 0.3) is 6.08 Å². The Morgan fingerprint density at radius 2 is 2.00 bits per heavy atom. The van der Waals surface area contributed by atoms with Gasteiger partial charge < -0.3 is 15.6 Å². The normalized spacial score (nSPS) is 11.2. The molecule has 0 aliphatic rings. The monoisotopic (exact) mass is 391 g/mol. The number of carbonyl (C=O) groups excluding carboxylic acids is 1. The number of esters is 1. The summed E-state index contributed by atoms with van der Waals surface area (Å²) >= 11 is 6.57. The van der Waals surface area contributed by atoms with E-state index in [-0.39, 0.29) is 5.57 Å². The van der Waals surface area contributed by atoms with Crippen molar-refractivity contribution in [3.05, 3.63) is 32.2 Å². The Bertz CT molecular complexity index is 555. The summed E-state index contributed by atoms with van der Waals surface area (Å²) in [5.41, 5.74) is 6.91. The highest BCUT2D eigenvalue weighted by Gasteiger charge is 2.15. The van der Waals surface area contributed by atoms with Crippen molar-refractivity contribution in [3.8, 4) is 0 Å². The number of ether oxygens (including phenoxy) is 1. The average molecular weight is 393 g/mol. The number of methoxy groups -OCH3 is 1. The summed E-state index contributed by atoms with van der Waals surface area (Å²) in [7, 11) is 1.20. The molecule has 0 amide bonds. The van der Waals surface area contributed by atoms with Crippen LogP contribution in [0.4, 0.5) is 5.69 Å². The molecule has 0 heterocycles. The van der Waals surface area contributed by atoms with Crippen LogP contribution < -0.4 is 5.73 Å². The summed E-state index contributed by atoms with van der Waals surface area (Å²) < 4.78 is 5.86. The van der Waals surface area contributed by atoms with Gasteiger partial charge in [-0.1, -0.05) is 15.9 Å². The summed E-state index contributed by atoms with van der Waals surface area (Å²) in [5.74, 6) is -1.79. The van der Waals surface area contributed by atoms with E-state index in [0.29, 0.717) is 20.2 Å². The molecule has 1 aromatic rings. The summed E-state index contributed by atoms with van der Waals surface area (Å²) in [6.45, 7) is 0. The highest BCUT2D eigenvalue weighted by atomic mass is 79.9. The van der Waals surface area contributed by atoms with Gasteiger partial charge in [0.25, 0.3) is 0 Å². The van der Waals surface area contributed by atoms with Crippen LogP contribution in [-0.2, 0) is 14.3 Å². The van der Waals surface area contributed by atoms with E-state index < -0.39 is 18.4 Å². The largest absolute Gasteiger partial charge is 0.481 e. The standard InChI is InChI=1S/C12H11Br2NO4/c1-19-12(18)7(4-11(16)17)2-6-3-9(14)10(15)5-8(6)13/h2-3,5H,4,15H2,1H3,(H,16,17). The number of carbonyl (C=O) groups is 2. The minimum atomic E-state index is -1.11. The molecule has 0 spiro atoms. The van der Waals surface area contributed by atoms with Gasteiger partial charge in [0.1, 0.15) is 0 Å². The molecule has 19 heavy (non-hydrogen) atoms. The number of anilines is 1. The fourth-order valence-electron chi connectivity index (χ4n) is 1.35. The van der Waals surface area contributed by atoms with Crippen molar-refractivity contribution in [3.63, 3.8) is 0 Å². The number of benzene rings is 1. The van der Waals surface area contributed by atoms with Crippen molar-refractivity contribution >= 4 is 55.6 Å². The third-order valence-corrected chi connectivity index (χ3v) is 3.61. The van der Waals surface area contributed by atoms with E-state index in [4.69, 9.17) is 10.8 Å². The number of hydrogen-bond acceptors (Lipinski definition) is 4. The maximum atomic E-state index is 11.5. The van der Waals surface area contributed by atoms with Gasteiger partial charge in [-0.25, -0.2) is 4.79 Å². The minimum Gasteiger partial charge on any atom is -0.481 e. The first kappa shape index (κ1) is 15.7. The number of halogens is 2. The molecule has 0 aliphatic heterocycles. The lowest BCUT2D eigenvalue weighted by molar-refractivity contribution is -0.141. The Kier molecular flexibility index (Phi) is 5.56. The topological polar surface area (TPSA) is 89.6 Å². The molecule has 1 rings (SSSR count). The molecule has 0 aromatic heterocycles. The summed E-state index contributed by atoms with van der Waals surface area (Å²) in [6.07, 6.45) is 1.04. The molecule has 0 unspecified atom stereocenters. The Morgan fingerprint density at radius 1 is 1.37 bits per heavy atom. The van der Waals surface area contributed by atoms with Gasteiger partial charge in [0.2, 0.25) is 0 Å². The Hall–Kier alpha value is -1.34. The first-order chi connectivity index (χ1) is 8.85. The SMILES string of the molecule is COC(=O)C(=Cc1cc(Br)c(N)cc1Br)CC(=O)O. The Balaban J connectivity index is 3.25. The van der Waals surface area contributed by atoms with Gasteiger partial charge in [-0.15, -0.1) is 0 Å². The second-order valence-corrected chi connectivity index (χ2v) is 5.34. The molecule has 3 N–H and O–H groups in total. The van der Waals surface area contributed by atoms with Crippen LogP contribution in [-0.4, -0.2) is 24.2 Å². The molecule has 102 valence electrons. The van der Waals surface area contributed by atoms with Gasteiger partial charge in [-0.05, 0) is 39.7 Å². The van der Waals surface area contributed by atoms with Crippen LogP contribution >= 0.6 is 31.9 Å². The van der Waals surface area contributed by atoms with E-state index in [1.165, 1.54) is 13.2 Å². The lowest BCUT2D eigenvalue weighted by atomic mass is 10.1. The predicted octanol–water partition coefficient (Wildman–Crippen LogP) is 2.82. The molecule has 0 atom stereocenters. The second kappa shape index (κ2) is 6.72. The van der Waals surface area contributed by atoms with E-state index in [2.05, 4.69) is 36.6 Å². The van der Waals surface area contributed by atoms with Gasteiger partial charge in [0, 0.05) is 20.2 Å². The summed E-state index contributed by atoms with van der Waals surface area (Å²) in [5, 5.41) is 8.78. The smallest absolute Gasteiger partial charge is 0.334 e. The summed E-state index contributed by atoms with van der Waals surface area (Å²) in [4.78, 5) is 22.2. The van der Waals surface area contributed by atoms with Crippen LogP contribution in [0.1, 0.15) is 12.0 Å². The molecule has 0 bridgehead atoms. The molecule has 7 heteroatoms. The molecule has 1 aromatic carbocycles. The maximum absolute atomic E-state index is 11.5. The quantitative estimate of drug-likeness (QED) is 0.467. The van der Waals surface area contributed by atoms with Crippen molar-refractivity contribution < 1.29 is 19.4 Å². The van der Waals surface area contributed by atoms with Gasteiger partial charge in [-0.3, -0.25) is 4.79 Å². The fraction of sp³-hybridized carbons (Fsp3) is 0.167. The Labute approximate surface area is 126 Å². The Morgan fingerprint density at radius 3 is 2.53 bits per heavy atom. The second-order valence-electron chi connectivity index (χ2n) is 3.63. The van der Waals surface area contributed by atoms with Crippen molar-refractivity contribution in [2.24, 2.45) is 0 Å². The van der Waals surface area contributed by atoms with E-state index in [1.54, 1.807) is 12.1 Å². The van der Waals surface area contributed by atoms with Crippen molar-refractivity contribution in [1.82, 2.24) is 0 Å². The fourth-order valence-corrected chi connectivity index (χ4v) is 2.19. The minimum absolute atomic E-state index is 0.0485. The lowest BCUT2D eigenvalue weighted by Gasteiger charge is -2.06.